The standard InChI is InChI=1S/C14H26N2O/c1-5-15-11-14(3,4)12-16(6-2)10-13-8-7-9-17-13/h7-9,15H,5-6,10-12H2,1-4H3. The van der Waals surface area contributed by atoms with Gasteiger partial charge in [-0.2, -0.15) is 0 Å². The van der Waals surface area contributed by atoms with Crippen LogP contribution in [0, 0.1) is 5.41 Å². The summed E-state index contributed by atoms with van der Waals surface area (Å²) >= 11 is 0. The van der Waals surface area contributed by atoms with E-state index in [9.17, 15) is 0 Å². The molecule has 1 heterocycles. The molecule has 98 valence electrons. The summed E-state index contributed by atoms with van der Waals surface area (Å²) in [7, 11) is 0. The summed E-state index contributed by atoms with van der Waals surface area (Å²) in [6, 6.07) is 3.99. The van der Waals surface area contributed by atoms with Gasteiger partial charge in [-0.1, -0.05) is 27.7 Å². The van der Waals surface area contributed by atoms with Gasteiger partial charge >= 0.3 is 0 Å². The minimum atomic E-state index is 0.290. The molecule has 0 atom stereocenters. The van der Waals surface area contributed by atoms with E-state index < -0.39 is 0 Å². The Kier molecular flexibility index (Phi) is 5.72. The maximum Gasteiger partial charge on any atom is 0.117 e. The highest BCUT2D eigenvalue weighted by Crippen LogP contribution is 2.17. The second kappa shape index (κ2) is 6.82. The Bertz CT molecular complexity index is 293. The molecule has 0 amide bonds. The second-order valence-electron chi connectivity index (χ2n) is 5.33. The maximum atomic E-state index is 5.40. The van der Waals surface area contributed by atoms with Crippen LogP contribution >= 0.6 is 0 Å². The molecular formula is C14H26N2O. The summed E-state index contributed by atoms with van der Waals surface area (Å²) in [5.74, 6) is 1.05. The number of hydrogen-bond donors (Lipinski definition) is 1. The van der Waals surface area contributed by atoms with Gasteiger partial charge in [-0.15, -0.1) is 0 Å². The van der Waals surface area contributed by atoms with Gasteiger partial charge in [-0.3, -0.25) is 4.90 Å². The van der Waals surface area contributed by atoms with E-state index in [4.69, 9.17) is 4.42 Å². The molecule has 1 aromatic heterocycles. The quantitative estimate of drug-likeness (QED) is 0.755. The van der Waals surface area contributed by atoms with Gasteiger partial charge in [0.1, 0.15) is 5.76 Å². The fourth-order valence-corrected chi connectivity index (χ4v) is 2.03. The Morgan fingerprint density at radius 1 is 1.35 bits per heavy atom. The molecule has 1 rings (SSSR count). The lowest BCUT2D eigenvalue weighted by Crippen LogP contribution is -2.40. The van der Waals surface area contributed by atoms with Crippen LogP contribution in [0.25, 0.3) is 0 Å². The van der Waals surface area contributed by atoms with Crippen molar-refractivity contribution in [3.63, 3.8) is 0 Å². The van der Waals surface area contributed by atoms with Crippen molar-refractivity contribution in [1.82, 2.24) is 10.2 Å². The monoisotopic (exact) mass is 238 g/mol. The van der Waals surface area contributed by atoms with Crippen LogP contribution in [0.15, 0.2) is 22.8 Å². The van der Waals surface area contributed by atoms with Crippen molar-refractivity contribution in [2.45, 2.75) is 34.2 Å². The summed E-state index contributed by atoms with van der Waals surface area (Å²) in [5.41, 5.74) is 0.290. The summed E-state index contributed by atoms with van der Waals surface area (Å²) in [6.45, 7) is 14.1. The van der Waals surface area contributed by atoms with Crippen LogP contribution in [0.1, 0.15) is 33.5 Å². The lowest BCUT2D eigenvalue weighted by atomic mass is 9.92. The van der Waals surface area contributed by atoms with E-state index in [1.165, 1.54) is 0 Å². The molecule has 0 aromatic carbocycles. The van der Waals surface area contributed by atoms with E-state index >= 15 is 0 Å². The van der Waals surface area contributed by atoms with Crippen molar-refractivity contribution in [2.75, 3.05) is 26.2 Å². The lowest BCUT2D eigenvalue weighted by molar-refractivity contribution is 0.165. The van der Waals surface area contributed by atoms with Gasteiger partial charge in [0.2, 0.25) is 0 Å². The third kappa shape index (κ3) is 5.37. The largest absolute Gasteiger partial charge is 0.468 e. The first kappa shape index (κ1) is 14.3. The Morgan fingerprint density at radius 3 is 2.65 bits per heavy atom. The van der Waals surface area contributed by atoms with Crippen molar-refractivity contribution in [1.29, 1.82) is 0 Å². The Balaban J connectivity index is 2.45. The number of nitrogens with zero attached hydrogens (tertiary/aromatic N) is 1. The van der Waals surface area contributed by atoms with Crippen molar-refractivity contribution in [3.8, 4) is 0 Å². The first-order chi connectivity index (χ1) is 8.07. The zero-order valence-electron chi connectivity index (χ0n) is 11.6. The van der Waals surface area contributed by atoms with Crippen LogP contribution in [0.5, 0.6) is 0 Å². The second-order valence-corrected chi connectivity index (χ2v) is 5.33. The molecule has 0 radical (unpaired) electrons. The van der Waals surface area contributed by atoms with Gasteiger partial charge in [-0.05, 0) is 30.6 Å². The van der Waals surface area contributed by atoms with E-state index in [1.807, 2.05) is 12.1 Å². The van der Waals surface area contributed by atoms with Crippen LogP contribution < -0.4 is 5.32 Å². The van der Waals surface area contributed by atoms with Crippen molar-refractivity contribution >= 4 is 0 Å². The summed E-state index contributed by atoms with van der Waals surface area (Å²) in [6.07, 6.45) is 1.74. The van der Waals surface area contributed by atoms with E-state index in [0.717, 1.165) is 38.5 Å². The van der Waals surface area contributed by atoms with E-state index in [2.05, 4.69) is 37.9 Å². The normalized spacial score (nSPS) is 12.3. The molecule has 1 aromatic rings. The zero-order chi connectivity index (χ0) is 12.7. The number of furan rings is 1. The molecule has 0 saturated carbocycles. The highest BCUT2D eigenvalue weighted by atomic mass is 16.3. The van der Waals surface area contributed by atoms with Crippen LogP contribution in [-0.4, -0.2) is 31.1 Å². The molecule has 0 spiro atoms. The molecule has 3 nitrogen and oxygen atoms in total. The first-order valence-corrected chi connectivity index (χ1v) is 6.53. The van der Waals surface area contributed by atoms with Crippen LogP contribution in [-0.2, 0) is 6.54 Å². The van der Waals surface area contributed by atoms with Gasteiger partial charge in [0.25, 0.3) is 0 Å². The van der Waals surface area contributed by atoms with Crippen molar-refractivity contribution in [2.24, 2.45) is 5.41 Å². The summed E-state index contributed by atoms with van der Waals surface area (Å²) < 4.78 is 5.40. The van der Waals surface area contributed by atoms with Gasteiger partial charge in [0.05, 0.1) is 12.8 Å². The minimum absolute atomic E-state index is 0.290. The first-order valence-electron chi connectivity index (χ1n) is 6.53. The number of hydrogen-bond acceptors (Lipinski definition) is 3. The van der Waals surface area contributed by atoms with Gasteiger partial charge in [0, 0.05) is 13.1 Å². The van der Waals surface area contributed by atoms with Crippen LogP contribution in [0.3, 0.4) is 0 Å². The summed E-state index contributed by atoms with van der Waals surface area (Å²) in [5, 5.41) is 3.43. The molecule has 0 aliphatic carbocycles. The molecule has 0 fully saturated rings. The third-order valence-electron chi connectivity index (χ3n) is 2.91. The predicted octanol–water partition coefficient (Wildman–Crippen LogP) is 2.74. The van der Waals surface area contributed by atoms with Gasteiger partial charge in [0.15, 0.2) is 0 Å². The average molecular weight is 238 g/mol. The fraction of sp³-hybridized carbons (Fsp3) is 0.714. The lowest BCUT2D eigenvalue weighted by Gasteiger charge is -2.31. The fourth-order valence-electron chi connectivity index (χ4n) is 2.03. The topological polar surface area (TPSA) is 28.4 Å². The molecule has 0 aliphatic rings. The smallest absolute Gasteiger partial charge is 0.117 e. The molecule has 17 heavy (non-hydrogen) atoms. The molecule has 0 bridgehead atoms. The predicted molar refractivity (Wildman–Crippen MR) is 72.0 cm³/mol. The highest BCUT2D eigenvalue weighted by molar-refractivity contribution is 4.98. The molecule has 0 saturated heterocycles. The van der Waals surface area contributed by atoms with Crippen molar-refractivity contribution < 1.29 is 4.42 Å². The molecule has 1 N–H and O–H groups in total. The molecule has 0 unspecified atom stereocenters. The zero-order valence-corrected chi connectivity index (χ0v) is 11.6. The number of rotatable bonds is 8. The summed E-state index contributed by atoms with van der Waals surface area (Å²) in [4.78, 5) is 2.43. The van der Waals surface area contributed by atoms with Crippen LogP contribution in [0.2, 0.25) is 0 Å². The van der Waals surface area contributed by atoms with Gasteiger partial charge in [-0.25, -0.2) is 0 Å². The Hall–Kier alpha value is -0.800. The maximum absolute atomic E-state index is 5.40. The van der Waals surface area contributed by atoms with E-state index in [0.29, 0.717) is 5.41 Å². The minimum Gasteiger partial charge on any atom is -0.468 e. The van der Waals surface area contributed by atoms with Crippen molar-refractivity contribution in [3.05, 3.63) is 24.2 Å². The Morgan fingerprint density at radius 2 is 2.12 bits per heavy atom. The molecule has 0 aliphatic heterocycles. The highest BCUT2D eigenvalue weighted by Gasteiger charge is 2.21. The average Bonchev–Trinajstić information content (AvgIpc) is 2.78. The number of nitrogens with one attached hydrogen (secondary N) is 1. The Labute approximate surface area is 105 Å². The van der Waals surface area contributed by atoms with Crippen LogP contribution in [0.4, 0.5) is 0 Å². The van der Waals surface area contributed by atoms with E-state index in [1.54, 1.807) is 6.26 Å². The molecule has 3 heteroatoms. The van der Waals surface area contributed by atoms with Gasteiger partial charge < -0.3 is 9.73 Å². The van der Waals surface area contributed by atoms with E-state index in [-0.39, 0.29) is 0 Å². The molecular weight excluding hydrogens is 212 g/mol. The third-order valence-corrected chi connectivity index (χ3v) is 2.91. The SMILES string of the molecule is CCNCC(C)(C)CN(CC)Cc1ccco1.